The van der Waals surface area contributed by atoms with E-state index in [1.807, 2.05) is 54.6 Å². The van der Waals surface area contributed by atoms with Crippen LogP contribution in [0.25, 0.3) is 11.1 Å². The molecule has 4 nitrogen and oxygen atoms in total. The summed E-state index contributed by atoms with van der Waals surface area (Å²) in [5.74, 6) is -0.822. The number of benzene rings is 3. The number of ether oxygens (including phenoxy) is 1. The van der Waals surface area contributed by atoms with Crippen LogP contribution in [0, 0.1) is 11.2 Å². The Balaban J connectivity index is 1.61. The SMILES string of the molecule is C[C@@](CO)(C[C@H](N)Cc1ccc(-c2cc(Cl)ccc2F)cc1)C(=O)OCc1ccccc1. The number of hydrogen-bond donors (Lipinski definition) is 2. The van der Waals surface area contributed by atoms with Crippen LogP contribution in [0.4, 0.5) is 4.39 Å². The average Bonchev–Trinajstić information content (AvgIpc) is 2.80. The Hall–Kier alpha value is -2.73. The highest BCUT2D eigenvalue weighted by Crippen LogP contribution is 2.28. The standard InChI is InChI=1S/C26H27ClFNO3/c1-26(17-30,25(31)32-16-19-5-3-2-4-6-19)15-22(29)13-18-7-9-20(10-8-18)23-14-21(27)11-12-24(23)28/h2-12,14,22,30H,13,15-17,29H2,1H3/t22-,26+/m1/s1. The molecule has 2 atom stereocenters. The molecule has 3 aromatic carbocycles. The molecule has 0 bridgehead atoms. The van der Waals surface area contributed by atoms with Crippen LogP contribution in [0.3, 0.4) is 0 Å². The Morgan fingerprint density at radius 1 is 1.09 bits per heavy atom. The molecule has 0 saturated heterocycles. The maximum Gasteiger partial charge on any atom is 0.314 e. The topological polar surface area (TPSA) is 72.5 Å². The van der Waals surface area contributed by atoms with Gasteiger partial charge in [0.25, 0.3) is 0 Å². The van der Waals surface area contributed by atoms with E-state index >= 15 is 0 Å². The van der Waals surface area contributed by atoms with Crippen molar-refractivity contribution in [1.29, 1.82) is 0 Å². The van der Waals surface area contributed by atoms with Crippen LogP contribution in [-0.2, 0) is 22.6 Å². The number of aliphatic hydroxyl groups excluding tert-OH is 1. The number of carbonyl (C=O) groups is 1. The molecule has 3 rings (SSSR count). The van der Waals surface area contributed by atoms with Crippen molar-refractivity contribution in [2.45, 2.75) is 32.4 Å². The van der Waals surface area contributed by atoms with Crippen LogP contribution >= 0.6 is 11.6 Å². The third kappa shape index (κ3) is 6.16. The number of esters is 1. The van der Waals surface area contributed by atoms with Gasteiger partial charge in [0.1, 0.15) is 12.4 Å². The summed E-state index contributed by atoms with van der Waals surface area (Å²) in [5.41, 5.74) is 8.18. The molecular weight excluding hydrogens is 429 g/mol. The first-order valence-electron chi connectivity index (χ1n) is 10.4. The van der Waals surface area contributed by atoms with Gasteiger partial charge in [-0.05, 0) is 54.7 Å². The fraction of sp³-hybridized carbons (Fsp3) is 0.269. The van der Waals surface area contributed by atoms with Crippen molar-refractivity contribution < 1.29 is 19.0 Å². The Morgan fingerprint density at radius 3 is 2.44 bits per heavy atom. The molecule has 0 aliphatic carbocycles. The van der Waals surface area contributed by atoms with Gasteiger partial charge >= 0.3 is 5.97 Å². The fourth-order valence-electron chi connectivity index (χ4n) is 3.60. The second kappa shape index (κ2) is 10.7. The Labute approximate surface area is 192 Å². The van der Waals surface area contributed by atoms with Crippen molar-refractivity contribution in [2.24, 2.45) is 11.1 Å². The van der Waals surface area contributed by atoms with E-state index in [-0.39, 0.29) is 31.5 Å². The van der Waals surface area contributed by atoms with Gasteiger partial charge in [0.2, 0.25) is 0 Å². The van der Waals surface area contributed by atoms with E-state index in [0.717, 1.165) is 11.1 Å². The van der Waals surface area contributed by atoms with Crippen LogP contribution in [-0.4, -0.2) is 23.7 Å². The van der Waals surface area contributed by atoms with Crippen molar-refractivity contribution in [3.05, 3.63) is 94.8 Å². The Bertz CT molecular complexity index is 1040. The third-order valence-electron chi connectivity index (χ3n) is 5.46. The molecular formula is C26H27ClFNO3. The summed E-state index contributed by atoms with van der Waals surface area (Å²) in [6.45, 7) is 1.44. The monoisotopic (exact) mass is 455 g/mol. The fourth-order valence-corrected chi connectivity index (χ4v) is 3.77. The van der Waals surface area contributed by atoms with E-state index in [0.29, 0.717) is 22.6 Å². The summed E-state index contributed by atoms with van der Waals surface area (Å²) in [4.78, 5) is 12.6. The predicted octanol–water partition coefficient (Wildman–Crippen LogP) is 5.15. The van der Waals surface area contributed by atoms with E-state index in [1.54, 1.807) is 13.0 Å². The molecule has 0 radical (unpaired) electrons. The molecule has 0 aliphatic rings. The zero-order valence-electron chi connectivity index (χ0n) is 17.9. The van der Waals surface area contributed by atoms with Gasteiger partial charge in [-0.1, -0.05) is 66.2 Å². The van der Waals surface area contributed by atoms with E-state index < -0.39 is 11.4 Å². The van der Waals surface area contributed by atoms with Crippen molar-refractivity contribution in [3.8, 4) is 11.1 Å². The minimum absolute atomic E-state index is 0.145. The minimum atomic E-state index is -1.10. The van der Waals surface area contributed by atoms with Crippen LogP contribution < -0.4 is 5.73 Å². The number of carbonyl (C=O) groups excluding carboxylic acids is 1. The van der Waals surface area contributed by atoms with Crippen LogP contribution in [0.1, 0.15) is 24.5 Å². The third-order valence-corrected chi connectivity index (χ3v) is 5.69. The lowest BCUT2D eigenvalue weighted by atomic mass is 9.83. The molecule has 168 valence electrons. The lowest BCUT2D eigenvalue weighted by molar-refractivity contribution is -0.159. The molecule has 0 amide bonds. The number of halogens is 2. The second-order valence-corrected chi connectivity index (χ2v) is 8.71. The maximum absolute atomic E-state index is 14.1. The van der Waals surface area contributed by atoms with E-state index in [1.165, 1.54) is 12.1 Å². The quantitative estimate of drug-likeness (QED) is 0.438. The molecule has 0 heterocycles. The second-order valence-electron chi connectivity index (χ2n) is 8.27. The molecule has 32 heavy (non-hydrogen) atoms. The average molecular weight is 456 g/mol. The highest BCUT2D eigenvalue weighted by molar-refractivity contribution is 6.30. The summed E-state index contributed by atoms with van der Waals surface area (Å²) in [6.07, 6.45) is 0.766. The normalized spacial score (nSPS) is 13.9. The molecule has 0 spiro atoms. The van der Waals surface area contributed by atoms with Crippen LogP contribution in [0.5, 0.6) is 0 Å². The largest absolute Gasteiger partial charge is 0.460 e. The van der Waals surface area contributed by atoms with Crippen LogP contribution in [0.15, 0.2) is 72.8 Å². The van der Waals surface area contributed by atoms with E-state index in [9.17, 15) is 14.3 Å². The number of rotatable bonds is 9. The maximum atomic E-state index is 14.1. The Kier molecular flexibility index (Phi) is 8.02. The molecule has 0 fully saturated rings. The van der Waals surface area contributed by atoms with Gasteiger partial charge in [0, 0.05) is 16.6 Å². The van der Waals surface area contributed by atoms with Gasteiger partial charge in [-0.3, -0.25) is 4.79 Å². The van der Waals surface area contributed by atoms with Gasteiger partial charge in [-0.25, -0.2) is 4.39 Å². The summed E-state index contributed by atoms with van der Waals surface area (Å²) in [7, 11) is 0. The number of aliphatic hydroxyl groups is 1. The van der Waals surface area contributed by atoms with Crippen molar-refractivity contribution >= 4 is 17.6 Å². The highest BCUT2D eigenvalue weighted by Gasteiger charge is 2.36. The van der Waals surface area contributed by atoms with Gasteiger partial charge in [0.05, 0.1) is 12.0 Å². The lowest BCUT2D eigenvalue weighted by Crippen LogP contribution is -2.40. The van der Waals surface area contributed by atoms with E-state index in [2.05, 4.69) is 0 Å². The molecule has 0 aliphatic heterocycles. The lowest BCUT2D eigenvalue weighted by Gasteiger charge is -2.28. The smallest absolute Gasteiger partial charge is 0.314 e. The first kappa shape index (κ1) is 23.9. The van der Waals surface area contributed by atoms with Gasteiger partial charge in [-0.2, -0.15) is 0 Å². The first-order valence-corrected chi connectivity index (χ1v) is 10.8. The highest BCUT2D eigenvalue weighted by atomic mass is 35.5. The molecule has 0 unspecified atom stereocenters. The summed E-state index contributed by atoms with van der Waals surface area (Å²) >= 11 is 5.98. The zero-order chi connectivity index (χ0) is 23.1. The van der Waals surface area contributed by atoms with Crippen molar-refractivity contribution in [1.82, 2.24) is 0 Å². The Morgan fingerprint density at radius 2 is 1.78 bits per heavy atom. The molecule has 3 N–H and O–H groups in total. The van der Waals surface area contributed by atoms with Crippen LogP contribution in [0.2, 0.25) is 5.02 Å². The molecule has 0 saturated carbocycles. The number of nitrogens with two attached hydrogens (primary N) is 1. The van der Waals surface area contributed by atoms with Gasteiger partial charge in [-0.15, -0.1) is 0 Å². The summed E-state index contributed by atoms with van der Waals surface area (Å²) in [6, 6.07) is 20.8. The number of hydrogen-bond acceptors (Lipinski definition) is 4. The molecule has 3 aromatic rings. The minimum Gasteiger partial charge on any atom is -0.460 e. The van der Waals surface area contributed by atoms with E-state index in [4.69, 9.17) is 22.1 Å². The molecule has 0 aromatic heterocycles. The van der Waals surface area contributed by atoms with Gasteiger partial charge in [0.15, 0.2) is 0 Å². The zero-order valence-corrected chi connectivity index (χ0v) is 18.7. The van der Waals surface area contributed by atoms with Gasteiger partial charge < -0.3 is 15.6 Å². The summed E-state index contributed by atoms with van der Waals surface area (Å²) in [5, 5.41) is 10.3. The van der Waals surface area contributed by atoms with Crippen molar-refractivity contribution in [2.75, 3.05) is 6.61 Å². The predicted molar refractivity (Wildman–Crippen MR) is 125 cm³/mol. The van der Waals surface area contributed by atoms with Crippen molar-refractivity contribution in [3.63, 3.8) is 0 Å². The summed E-state index contributed by atoms with van der Waals surface area (Å²) < 4.78 is 19.5. The molecule has 6 heteroatoms. The first-order chi connectivity index (χ1) is 15.3.